The van der Waals surface area contributed by atoms with Gasteiger partial charge in [-0.15, -0.1) is 0 Å². The van der Waals surface area contributed by atoms with Crippen molar-refractivity contribution < 1.29 is 37.0 Å². The molecule has 1 aliphatic rings. The highest BCUT2D eigenvalue weighted by Crippen LogP contribution is 2.25. The van der Waals surface area contributed by atoms with Crippen molar-refractivity contribution in [3.63, 3.8) is 0 Å². The predicted molar refractivity (Wildman–Crippen MR) is 114 cm³/mol. The fourth-order valence-electron chi connectivity index (χ4n) is 3.01. The largest absolute Gasteiger partial charge is 0.497 e. The number of ether oxygens (including phenoxy) is 4. The summed E-state index contributed by atoms with van der Waals surface area (Å²) in [6, 6.07) is 10.3. The minimum Gasteiger partial charge on any atom is -0.497 e. The van der Waals surface area contributed by atoms with Crippen LogP contribution in [0, 0.1) is 0 Å². The summed E-state index contributed by atoms with van der Waals surface area (Å²) < 4.78 is 47.4. The van der Waals surface area contributed by atoms with Gasteiger partial charge >= 0.3 is 5.97 Å². The number of hydrogen-bond acceptors (Lipinski definition) is 8. The van der Waals surface area contributed by atoms with Crippen LogP contribution in [0.25, 0.3) is 0 Å². The van der Waals surface area contributed by atoms with Crippen molar-refractivity contribution >= 4 is 27.6 Å². The Morgan fingerprint density at radius 3 is 2.31 bits per heavy atom. The van der Waals surface area contributed by atoms with Crippen LogP contribution in [0.4, 0.5) is 5.69 Å². The van der Waals surface area contributed by atoms with Crippen molar-refractivity contribution in [2.45, 2.75) is 4.90 Å². The zero-order chi connectivity index (χ0) is 23.1. The van der Waals surface area contributed by atoms with Gasteiger partial charge in [0.15, 0.2) is 6.61 Å². The summed E-state index contributed by atoms with van der Waals surface area (Å²) in [6.45, 7) is 0.557. The van der Waals surface area contributed by atoms with Crippen LogP contribution in [0.15, 0.2) is 47.4 Å². The molecule has 1 saturated heterocycles. The molecule has 0 bridgehead atoms. The van der Waals surface area contributed by atoms with Crippen molar-refractivity contribution in [2.75, 3.05) is 52.4 Å². The number of rotatable bonds is 8. The average molecular weight is 464 g/mol. The van der Waals surface area contributed by atoms with E-state index in [1.807, 2.05) is 0 Å². The van der Waals surface area contributed by atoms with Crippen LogP contribution in [0.2, 0.25) is 0 Å². The maximum absolute atomic E-state index is 12.8. The number of nitrogens with zero attached hydrogens (tertiary/aromatic N) is 1. The van der Waals surface area contributed by atoms with E-state index in [0.717, 1.165) is 0 Å². The van der Waals surface area contributed by atoms with Crippen LogP contribution in [0.3, 0.4) is 0 Å². The molecule has 1 aliphatic heterocycles. The number of carbonyl (C=O) groups is 2. The molecule has 3 rings (SSSR count). The molecule has 0 atom stereocenters. The Kier molecular flexibility index (Phi) is 7.67. The standard InChI is InChI=1S/C21H24N2O8S/c1-28-17-11-16(12-18(13-17)29-2)22-20(24)14-31-21(25)15-4-3-5-19(10-15)32(26,27)23-6-8-30-9-7-23/h3-5,10-13H,6-9,14H2,1-2H3,(H,22,24). The fraction of sp³-hybridized carbons (Fsp3) is 0.333. The maximum Gasteiger partial charge on any atom is 0.338 e. The van der Waals surface area contributed by atoms with Gasteiger partial charge in [-0.05, 0) is 18.2 Å². The first-order chi connectivity index (χ1) is 15.3. The van der Waals surface area contributed by atoms with Crippen molar-refractivity contribution in [1.82, 2.24) is 4.31 Å². The molecule has 172 valence electrons. The minimum absolute atomic E-state index is 0.0233. The molecule has 2 aromatic carbocycles. The van der Waals surface area contributed by atoms with Crippen LogP contribution in [0.1, 0.15) is 10.4 Å². The van der Waals surface area contributed by atoms with Crippen LogP contribution in [-0.2, 0) is 24.3 Å². The number of esters is 1. The average Bonchev–Trinajstić information content (AvgIpc) is 2.82. The number of carbonyl (C=O) groups excluding carboxylic acids is 2. The second-order valence-corrected chi connectivity index (χ2v) is 8.71. The molecule has 1 N–H and O–H groups in total. The monoisotopic (exact) mass is 464 g/mol. The summed E-state index contributed by atoms with van der Waals surface area (Å²) in [4.78, 5) is 24.6. The van der Waals surface area contributed by atoms with E-state index in [0.29, 0.717) is 30.4 Å². The summed E-state index contributed by atoms with van der Waals surface area (Å²) in [6.07, 6.45) is 0. The first-order valence-electron chi connectivity index (χ1n) is 9.71. The molecule has 0 radical (unpaired) electrons. The van der Waals surface area contributed by atoms with E-state index in [1.165, 1.54) is 42.8 Å². The normalized spacial score (nSPS) is 14.4. The van der Waals surface area contributed by atoms with E-state index in [-0.39, 0.29) is 23.5 Å². The maximum atomic E-state index is 12.8. The number of nitrogens with one attached hydrogen (secondary N) is 1. The highest BCUT2D eigenvalue weighted by molar-refractivity contribution is 7.89. The highest BCUT2D eigenvalue weighted by Gasteiger charge is 2.27. The SMILES string of the molecule is COc1cc(NC(=O)COC(=O)c2cccc(S(=O)(=O)N3CCOCC3)c2)cc(OC)c1. The fourth-order valence-corrected chi connectivity index (χ4v) is 4.47. The van der Waals surface area contributed by atoms with Crippen molar-refractivity contribution in [2.24, 2.45) is 0 Å². The quantitative estimate of drug-likeness (QED) is 0.584. The topological polar surface area (TPSA) is 120 Å². The molecule has 10 nitrogen and oxygen atoms in total. The van der Waals surface area contributed by atoms with Crippen LogP contribution >= 0.6 is 0 Å². The molecule has 0 aliphatic carbocycles. The van der Waals surface area contributed by atoms with Gasteiger partial charge in [0, 0.05) is 37.0 Å². The number of morpholine rings is 1. The molecular formula is C21H24N2O8S. The van der Waals surface area contributed by atoms with Gasteiger partial charge < -0.3 is 24.3 Å². The molecule has 1 heterocycles. The van der Waals surface area contributed by atoms with E-state index < -0.39 is 28.5 Å². The van der Waals surface area contributed by atoms with E-state index >= 15 is 0 Å². The molecule has 2 aromatic rings. The van der Waals surface area contributed by atoms with Crippen LogP contribution in [-0.4, -0.2) is 71.7 Å². The lowest BCUT2D eigenvalue weighted by Gasteiger charge is -2.26. The Hall–Kier alpha value is -3.15. The smallest absolute Gasteiger partial charge is 0.338 e. The van der Waals surface area contributed by atoms with Gasteiger partial charge in [-0.3, -0.25) is 4.79 Å². The van der Waals surface area contributed by atoms with Gasteiger partial charge in [-0.2, -0.15) is 4.31 Å². The summed E-state index contributed by atoms with van der Waals surface area (Å²) in [5.41, 5.74) is 0.427. The highest BCUT2D eigenvalue weighted by atomic mass is 32.2. The Balaban J connectivity index is 1.63. The van der Waals surface area contributed by atoms with Crippen LogP contribution in [0.5, 0.6) is 11.5 Å². The predicted octanol–water partition coefficient (Wildman–Crippen LogP) is 1.52. The van der Waals surface area contributed by atoms with Gasteiger partial charge in [-0.1, -0.05) is 6.07 Å². The molecule has 32 heavy (non-hydrogen) atoms. The number of benzene rings is 2. The van der Waals surface area contributed by atoms with Crippen molar-refractivity contribution in [1.29, 1.82) is 0 Å². The van der Waals surface area contributed by atoms with Crippen molar-refractivity contribution in [3.8, 4) is 11.5 Å². The minimum atomic E-state index is -3.76. The first kappa shape index (κ1) is 23.5. The number of sulfonamides is 1. The number of hydrogen-bond donors (Lipinski definition) is 1. The zero-order valence-electron chi connectivity index (χ0n) is 17.7. The number of methoxy groups -OCH3 is 2. The third-order valence-corrected chi connectivity index (χ3v) is 6.54. The lowest BCUT2D eigenvalue weighted by molar-refractivity contribution is -0.119. The third kappa shape index (κ3) is 5.75. The molecule has 0 unspecified atom stereocenters. The van der Waals surface area contributed by atoms with Gasteiger partial charge in [0.1, 0.15) is 11.5 Å². The van der Waals surface area contributed by atoms with Gasteiger partial charge in [0.25, 0.3) is 5.91 Å². The second kappa shape index (κ2) is 10.4. The number of amides is 1. The summed E-state index contributed by atoms with van der Waals surface area (Å²) >= 11 is 0. The van der Waals surface area contributed by atoms with Gasteiger partial charge in [0.2, 0.25) is 10.0 Å². The molecule has 0 aromatic heterocycles. The van der Waals surface area contributed by atoms with Crippen LogP contribution < -0.4 is 14.8 Å². The lowest BCUT2D eigenvalue weighted by atomic mass is 10.2. The second-order valence-electron chi connectivity index (χ2n) is 6.77. The van der Waals surface area contributed by atoms with Gasteiger partial charge in [-0.25, -0.2) is 13.2 Å². The molecular weight excluding hydrogens is 440 g/mol. The molecule has 11 heteroatoms. The molecule has 0 spiro atoms. The van der Waals surface area contributed by atoms with Crippen molar-refractivity contribution in [3.05, 3.63) is 48.0 Å². The Bertz CT molecular complexity index is 1060. The summed E-state index contributed by atoms with van der Waals surface area (Å²) in [5, 5.41) is 2.59. The third-order valence-electron chi connectivity index (χ3n) is 4.65. The molecule has 1 fully saturated rings. The zero-order valence-corrected chi connectivity index (χ0v) is 18.5. The summed E-state index contributed by atoms with van der Waals surface area (Å²) in [7, 11) is -0.797. The molecule has 1 amide bonds. The van der Waals surface area contributed by atoms with E-state index in [1.54, 1.807) is 18.2 Å². The first-order valence-corrected chi connectivity index (χ1v) is 11.2. The molecule has 0 saturated carbocycles. The summed E-state index contributed by atoms with van der Waals surface area (Å²) in [5.74, 6) is -0.432. The lowest BCUT2D eigenvalue weighted by Crippen LogP contribution is -2.40. The van der Waals surface area contributed by atoms with E-state index in [9.17, 15) is 18.0 Å². The van der Waals surface area contributed by atoms with E-state index in [2.05, 4.69) is 5.32 Å². The Morgan fingerprint density at radius 2 is 1.69 bits per heavy atom. The van der Waals surface area contributed by atoms with Gasteiger partial charge in [0.05, 0.1) is 37.9 Å². The Morgan fingerprint density at radius 1 is 1.03 bits per heavy atom. The number of anilines is 1. The Labute approximate surface area is 186 Å². The van der Waals surface area contributed by atoms with E-state index in [4.69, 9.17) is 18.9 Å².